The molecule has 1 aromatic carbocycles. The Labute approximate surface area is 114 Å². The van der Waals surface area contributed by atoms with Crippen LogP contribution in [0.15, 0.2) is 24.3 Å². The van der Waals surface area contributed by atoms with Crippen molar-refractivity contribution < 1.29 is 9.84 Å². The average molecular weight is 269 g/mol. The van der Waals surface area contributed by atoms with Gasteiger partial charge in [-0.3, -0.25) is 0 Å². The lowest BCUT2D eigenvalue weighted by molar-refractivity contribution is 0.289. The van der Waals surface area contributed by atoms with E-state index in [9.17, 15) is 0 Å². The van der Waals surface area contributed by atoms with Crippen molar-refractivity contribution in [2.45, 2.75) is 24.6 Å². The molecule has 0 aliphatic heterocycles. The average Bonchev–Trinajstić information content (AvgIpc) is 2.40. The fraction of sp³-hybridized carbons (Fsp3) is 0.571. The van der Waals surface area contributed by atoms with Crippen molar-refractivity contribution in [1.82, 2.24) is 5.32 Å². The summed E-state index contributed by atoms with van der Waals surface area (Å²) in [4.78, 5) is 0. The van der Waals surface area contributed by atoms with E-state index in [-0.39, 0.29) is 12.6 Å². The summed E-state index contributed by atoms with van der Waals surface area (Å²) in [6, 6.07) is 8.37. The largest absolute Gasteiger partial charge is 0.496 e. The summed E-state index contributed by atoms with van der Waals surface area (Å²) in [7, 11) is 3.67. The van der Waals surface area contributed by atoms with Crippen LogP contribution in [0.4, 0.5) is 0 Å². The highest BCUT2D eigenvalue weighted by atomic mass is 32.2. The van der Waals surface area contributed by atoms with E-state index in [4.69, 9.17) is 9.84 Å². The van der Waals surface area contributed by atoms with Crippen LogP contribution in [0, 0.1) is 0 Å². The Morgan fingerprint density at radius 3 is 2.72 bits per heavy atom. The first-order chi connectivity index (χ1) is 8.72. The minimum absolute atomic E-state index is 0.257. The molecule has 102 valence electrons. The lowest BCUT2D eigenvalue weighted by Crippen LogP contribution is -2.20. The van der Waals surface area contributed by atoms with E-state index < -0.39 is 0 Å². The molecule has 0 aliphatic carbocycles. The number of aliphatic hydroxyl groups is 1. The summed E-state index contributed by atoms with van der Waals surface area (Å²) >= 11 is 1.87. The third-order valence-electron chi connectivity index (χ3n) is 2.95. The van der Waals surface area contributed by atoms with Gasteiger partial charge in [-0.15, -0.1) is 0 Å². The number of thioether (sulfide) groups is 1. The highest BCUT2D eigenvalue weighted by molar-refractivity contribution is 7.99. The molecule has 1 aromatic rings. The highest BCUT2D eigenvalue weighted by Crippen LogP contribution is 2.28. The third kappa shape index (κ3) is 4.52. The molecule has 0 heterocycles. The minimum Gasteiger partial charge on any atom is -0.496 e. The molecule has 0 fully saturated rings. The molecule has 0 radical (unpaired) electrons. The van der Waals surface area contributed by atoms with Gasteiger partial charge in [0.15, 0.2) is 0 Å². The first-order valence-corrected chi connectivity index (χ1v) is 7.30. The van der Waals surface area contributed by atoms with Crippen LogP contribution in [-0.2, 0) is 0 Å². The molecule has 0 saturated heterocycles. The van der Waals surface area contributed by atoms with Crippen LogP contribution < -0.4 is 10.1 Å². The van der Waals surface area contributed by atoms with Gasteiger partial charge in [0.1, 0.15) is 5.75 Å². The van der Waals surface area contributed by atoms with Crippen LogP contribution in [0.25, 0.3) is 0 Å². The Morgan fingerprint density at radius 1 is 1.39 bits per heavy atom. The molecule has 4 heteroatoms. The maximum atomic E-state index is 8.91. The standard InChI is InChI=1S/C14H23NO2S/c1-11(8-9-16)18-10-13(15-2)12-6-4-5-7-14(12)17-3/h4-7,11,13,15-16H,8-10H2,1-3H3. The highest BCUT2D eigenvalue weighted by Gasteiger charge is 2.15. The zero-order valence-electron chi connectivity index (χ0n) is 11.3. The Hall–Kier alpha value is -0.710. The van der Waals surface area contributed by atoms with Crippen molar-refractivity contribution in [2.24, 2.45) is 0 Å². The van der Waals surface area contributed by atoms with Crippen LogP contribution in [0.5, 0.6) is 5.75 Å². The molecule has 0 bridgehead atoms. The van der Waals surface area contributed by atoms with Gasteiger partial charge < -0.3 is 15.2 Å². The van der Waals surface area contributed by atoms with Crippen molar-refractivity contribution >= 4 is 11.8 Å². The Bertz CT molecular complexity index is 346. The van der Waals surface area contributed by atoms with Crippen LogP contribution in [-0.4, -0.2) is 36.9 Å². The van der Waals surface area contributed by atoms with E-state index >= 15 is 0 Å². The molecule has 3 nitrogen and oxygen atoms in total. The lowest BCUT2D eigenvalue weighted by Gasteiger charge is -2.20. The van der Waals surface area contributed by atoms with Crippen LogP contribution in [0.2, 0.25) is 0 Å². The molecule has 0 spiro atoms. The van der Waals surface area contributed by atoms with Gasteiger partial charge in [0.05, 0.1) is 7.11 Å². The smallest absolute Gasteiger partial charge is 0.123 e. The summed E-state index contributed by atoms with van der Waals surface area (Å²) in [5.74, 6) is 1.89. The SMILES string of the molecule is CNC(CSC(C)CCO)c1ccccc1OC. The van der Waals surface area contributed by atoms with Gasteiger partial charge in [0.25, 0.3) is 0 Å². The van der Waals surface area contributed by atoms with Gasteiger partial charge in [-0.2, -0.15) is 11.8 Å². The van der Waals surface area contributed by atoms with E-state index in [0.29, 0.717) is 5.25 Å². The second-order valence-electron chi connectivity index (χ2n) is 4.24. The van der Waals surface area contributed by atoms with Gasteiger partial charge in [-0.05, 0) is 19.5 Å². The van der Waals surface area contributed by atoms with E-state index in [2.05, 4.69) is 18.3 Å². The Kier molecular flexibility index (Phi) is 7.16. The summed E-state index contributed by atoms with van der Waals surface area (Å²) < 4.78 is 5.39. The molecule has 0 amide bonds. The van der Waals surface area contributed by atoms with Crippen molar-refractivity contribution in [2.75, 3.05) is 26.5 Å². The fourth-order valence-corrected chi connectivity index (χ4v) is 2.95. The quantitative estimate of drug-likeness (QED) is 0.761. The first kappa shape index (κ1) is 15.3. The van der Waals surface area contributed by atoms with Gasteiger partial charge >= 0.3 is 0 Å². The minimum atomic E-state index is 0.257. The second kappa shape index (κ2) is 8.40. The number of nitrogens with one attached hydrogen (secondary N) is 1. The van der Waals surface area contributed by atoms with Crippen molar-refractivity contribution in [1.29, 1.82) is 0 Å². The number of benzene rings is 1. The van der Waals surface area contributed by atoms with Crippen molar-refractivity contribution in [3.8, 4) is 5.75 Å². The number of ether oxygens (including phenoxy) is 1. The van der Waals surface area contributed by atoms with Crippen LogP contribution >= 0.6 is 11.8 Å². The maximum Gasteiger partial charge on any atom is 0.123 e. The summed E-state index contributed by atoms with van der Waals surface area (Å²) in [6.45, 7) is 2.41. The van der Waals surface area contributed by atoms with Crippen molar-refractivity contribution in [3.05, 3.63) is 29.8 Å². The van der Waals surface area contributed by atoms with Gasteiger partial charge in [-0.25, -0.2) is 0 Å². The first-order valence-electron chi connectivity index (χ1n) is 6.25. The van der Waals surface area contributed by atoms with Gasteiger partial charge in [0, 0.05) is 29.2 Å². The molecule has 2 atom stereocenters. The normalized spacial score (nSPS) is 14.2. The molecule has 1 rings (SSSR count). The number of hydrogen-bond donors (Lipinski definition) is 2. The number of para-hydroxylation sites is 1. The van der Waals surface area contributed by atoms with Crippen LogP contribution in [0.3, 0.4) is 0 Å². The maximum absolute atomic E-state index is 8.91. The molecule has 0 saturated carbocycles. The fourth-order valence-electron chi connectivity index (χ4n) is 1.81. The molecular formula is C14H23NO2S. The number of rotatable bonds is 8. The molecule has 2 unspecified atom stereocenters. The Balaban J connectivity index is 2.65. The predicted molar refractivity (Wildman–Crippen MR) is 78.4 cm³/mol. The molecule has 0 aromatic heterocycles. The van der Waals surface area contributed by atoms with E-state index in [1.165, 1.54) is 5.56 Å². The summed E-state index contributed by atoms with van der Waals surface area (Å²) in [5.41, 5.74) is 1.19. The topological polar surface area (TPSA) is 41.5 Å². The molecule has 2 N–H and O–H groups in total. The molecular weight excluding hydrogens is 246 g/mol. The molecule has 18 heavy (non-hydrogen) atoms. The number of aliphatic hydroxyl groups excluding tert-OH is 1. The van der Waals surface area contributed by atoms with E-state index in [1.807, 2.05) is 37.0 Å². The van der Waals surface area contributed by atoms with E-state index in [0.717, 1.165) is 17.9 Å². The summed E-state index contributed by atoms with van der Waals surface area (Å²) in [6.07, 6.45) is 0.840. The predicted octanol–water partition coefficient (Wildman–Crippen LogP) is 2.46. The van der Waals surface area contributed by atoms with Crippen LogP contribution in [0.1, 0.15) is 24.9 Å². The number of methoxy groups -OCH3 is 1. The van der Waals surface area contributed by atoms with E-state index in [1.54, 1.807) is 7.11 Å². The molecule has 0 aliphatic rings. The van der Waals surface area contributed by atoms with Crippen molar-refractivity contribution in [3.63, 3.8) is 0 Å². The van der Waals surface area contributed by atoms with Gasteiger partial charge in [0.2, 0.25) is 0 Å². The lowest BCUT2D eigenvalue weighted by atomic mass is 10.1. The zero-order valence-corrected chi connectivity index (χ0v) is 12.2. The number of hydrogen-bond acceptors (Lipinski definition) is 4. The zero-order chi connectivity index (χ0) is 13.4. The third-order valence-corrected chi connectivity index (χ3v) is 4.28. The summed E-state index contributed by atoms with van der Waals surface area (Å²) in [5, 5.41) is 12.7. The van der Waals surface area contributed by atoms with Gasteiger partial charge in [-0.1, -0.05) is 25.1 Å². The Morgan fingerprint density at radius 2 is 2.11 bits per heavy atom. The second-order valence-corrected chi connectivity index (χ2v) is 5.71. The monoisotopic (exact) mass is 269 g/mol.